The largest absolute Gasteiger partial charge is 0.507 e. The number of nitrogens with zero attached hydrogens (tertiary/aromatic N) is 1. The summed E-state index contributed by atoms with van der Waals surface area (Å²) in [6.45, 7) is 14.5. The first kappa shape index (κ1) is 27.2. The minimum absolute atomic E-state index is 0.0610. The van der Waals surface area contributed by atoms with E-state index in [0.717, 1.165) is 16.7 Å². The predicted molar refractivity (Wildman–Crippen MR) is 153 cm³/mol. The van der Waals surface area contributed by atoms with Crippen LogP contribution in [0.2, 0.25) is 0 Å². The number of methoxy groups -OCH3 is 1. The van der Waals surface area contributed by atoms with E-state index in [4.69, 9.17) is 4.74 Å². The van der Waals surface area contributed by atoms with Crippen LogP contribution in [-0.2, 0) is 20.4 Å². The fourth-order valence-electron chi connectivity index (χ4n) is 4.84. The lowest BCUT2D eigenvalue weighted by atomic mass is 9.84. The summed E-state index contributed by atoms with van der Waals surface area (Å²) in [5.41, 5.74) is 4.62. The van der Waals surface area contributed by atoms with E-state index in [2.05, 4.69) is 41.5 Å². The van der Waals surface area contributed by atoms with Gasteiger partial charge in [0, 0.05) is 11.3 Å². The number of aliphatic hydroxyl groups is 1. The lowest BCUT2D eigenvalue weighted by molar-refractivity contribution is -0.132. The van der Waals surface area contributed by atoms with Gasteiger partial charge in [0.2, 0.25) is 0 Å². The highest BCUT2D eigenvalue weighted by atomic mass is 16.5. The minimum Gasteiger partial charge on any atom is -0.507 e. The van der Waals surface area contributed by atoms with E-state index in [1.165, 1.54) is 4.90 Å². The molecule has 1 unspecified atom stereocenters. The summed E-state index contributed by atoms with van der Waals surface area (Å²) in [5, 5.41) is 11.7. The third kappa shape index (κ3) is 4.98. The molecule has 1 fully saturated rings. The van der Waals surface area contributed by atoms with Gasteiger partial charge in [-0.2, -0.15) is 0 Å². The molecule has 1 aliphatic heterocycles. The molecule has 1 N–H and O–H groups in total. The smallest absolute Gasteiger partial charge is 0.300 e. The van der Waals surface area contributed by atoms with E-state index in [-0.39, 0.29) is 22.2 Å². The predicted octanol–water partition coefficient (Wildman–Crippen LogP) is 7.22. The van der Waals surface area contributed by atoms with Gasteiger partial charge in [-0.15, -0.1) is 0 Å². The molecule has 1 aliphatic rings. The lowest BCUT2D eigenvalue weighted by Crippen LogP contribution is -2.29. The fourth-order valence-corrected chi connectivity index (χ4v) is 4.84. The number of hydrogen-bond acceptors (Lipinski definition) is 4. The van der Waals surface area contributed by atoms with Crippen LogP contribution in [0.4, 0.5) is 5.69 Å². The van der Waals surface area contributed by atoms with Crippen LogP contribution in [0.25, 0.3) is 5.76 Å². The number of benzene rings is 3. The standard InChI is InChI=1S/C33H37NO4/c1-20-12-13-23(33(5,6)7)19-26(20)29(35)27-28(21-10-9-11-25(18-21)38-8)34(31(37)30(27)36)24-16-14-22(15-17-24)32(2,3)4/h9-19,28,35H,1-8H3/b29-27+. The van der Waals surface area contributed by atoms with E-state index in [1.807, 2.05) is 67.6 Å². The van der Waals surface area contributed by atoms with Crippen molar-refractivity contribution < 1.29 is 19.4 Å². The van der Waals surface area contributed by atoms with Crippen molar-refractivity contribution in [1.29, 1.82) is 0 Å². The van der Waals surface area contributed by atoms with Crippen LogP contribution in [0.5, 0.6) is 5.75 Å². The number of rotatable bonds is 4. The molecule has 1 heterocycles. The number of carbonyl (C=O) groups is 2. The molecule has 198 valence electrons. The Bertz CT molecular complexity index is 1420. The summed E-state index contributed by atoms with van der Waals surface area (Å²) >= 11 is 0. The van der Waals surface area contributed by atoms with Gasteiger partial charge >= 0.3 is 0 Å². The SMILES string of the molecule is COc1cccc(C2/C(=C(\O)c3cc(C(C)(C)C)ccc3C)C(=O)C(=O)N2c2ccc(C(C)(C)C)cc2)c1. The molecule has 0 spiro atoms. The molecule has 1 atom stereocenters. The van der Waals surface area contributed by atoms with Gasteiger partial charge < -0.3 is 9.84 Å². The number of amides is 1. The maximum Gasteiger partial charge on any atom is 0.300 e. The summed E-state index contributed by atoms with van der Waals surface area (Å²) in [7, 11) is 1.57. The molecule has 5 heteroatoms. The van der Waals surface area contributed by atoms with Crippen LogP contribution in [0.15, 0.2) is 72.3 Å². The summed E-state index contributed by atoms with van der Waals surface area (Å²) in [4.78, 5) is 28.7. The highest BCUT2D eigenvalue weighted by Gasteiger charge is 2.47. The second kappa shape index (κ2) is 9.79. The normalized spacial score (nSPS) is 17.7. The Morgan fingerprint density at radius 1 is 0.842 bits per heavy atom. The van der Waals surface area contributed by atoms with E-state index < -0.39 is 17.7 Å². The van der Waals surface area contributed by atoms with Crippen molar-refractivity contribution in [3.63, 3.8) is 0 Å². The summed E-state index contributed by atoms with van der Waals surface area (Å²) in [5.74, 6) is -0.959. The zero-order valence-corrected chi connectivity index (χ0v) is 23.5. The average molecular weight is 512 g/mol. The topological polar surface area (TPSA) is 66.8 Å². The van der Waals surface area contributed by atoms with Gasteiger partial charge in [0.25, 0.3) is 11.7 Å². The van der Waals surface area contributed by atoms with Crippen LogP contribution < -0.4 is 9.64 Å². The molecule has 4 rings (SSSR count). The van der Waals surface area contributed by atoms with Gasteiger partial charge in [0.05, 0.1) is 18.7 Å². The third-order valence-electron chi connectivity index (χ3n) is 7.22. The highest BCUT2D eigenvalue weighted by Crippen LogP contribution is 2.44. The molecule has 1 saturated heterocycles. The number of Topliss-reactive ketones (excluding diaryl/α,β-unsaturated/α-hetero) is 1. The molecule has 0 saturated carbocycles. The van der Waals surface area contributed by atoms with Gasteiger partial charge in [-0.3, -0.25) is 14.5 Å². The van der Waals surface area contributed by atoms with Crippen molar-refractivity contribution in [2.45, 2.75) is 65.3 Å². The number of anilines is 1. The molecule has 0 aliphatic carbocycles. The zero-order valence-electron chi connectivity index (χ0n) is 23.5. The van der Waals surface area contributed by atoms with E-state index in [1.54, 1.807) is 13.2 Å². The molecule has 38 heavy (non-hydrogen) atoms. The number of hydrogen-bond donors (Lipinski definition) is 1. The Morgan fingerprint density at radius 2 is 1.45 bits per heavy atom. The van der Waals surface area contributed by atoms with Gasteiger partial charge in [0.15, 0.2) is 0 Å². The number of aryl methyl sites for hydroxylation is 1. The molecule has 0 radical (unpaired) electrons. The van der Waals surface area contributed by atoms with Gasteiger partial charge in [-0.05, 0) is 70.3 Å². The van der Waals surface area contributed by atoms with Crippen molar-refractivity contribution >= 4 is 23.1 Å². The Morgan fingerprint density at radius 3 is 2.03 bits per heavy atom. The minimum atomic E-state index is -0.816. The summed E-state index contributed by atoms with van der Waals surface area (Å²) in [6, 6.07) is 20.0. The molecule has 5 nitrogen and oxygen atoms in total. The van der Waals surface area contributed by atoms with Crippen LogP contribution in [-0.4, -0.2) is 23.9 Å². The third-order valence-corrected chi connectivity index (χ3v) is 7.22. The number of aliphatic hydroxyl groups excluding tert-OH is 1. The van der Waals surface area contributed by atoms with Crippen molar-refractivity contribution in [1.82, 2.24) is 0 Å². The first-order valence-corrected chi connectivity index (χ1v) is 12.9. The van der Waals surface area contributed by atoms with Crippen molar-refractivity contribution in [2.24, 2.45) is 0 Å². The van der Waals surface area contributed by atoms with Gasteiger partial charge in [-0.1, -0.05) is 77.9 Å². The van der Waals surface area contributed by atoms with E-state index in [0.29, 0.717) is 22.6 Å². The summed E-state index contributed by atoms with van der Waals surface area (Å²) < 4.78 is 5.45. The van der Waals surface area contributed by atoms with Gasteiger partial charge in [0.1, 0.15) is 11.5 Å². The zero-order chi connectivity index (χ0) is 28.0. The fraction of sp³-hybridized carbons (Fsp3) is 0.333. The average Bonchev–Trinajstić information content (AvgIpc) is 3.13. The molecular formula is C33H37NO4. The number of carbonyl (C=O) groups excluding carboxylic acids is 2. The highest BCUT2D eigenvalue weighted by molar-refractivity contribution is 6.51. The van der Waals surface area contributed by atoms with Crippen LogP contribution in [0.3, 0.4) is 0 Å². The quantitative estimate of drug-likeness (QED) is 0.228. The second-order valence-corrected chi connectivity index (χ2v) is 12.0. The molecule has 3 aromatic rings. The number of ketones is 1. The Hall–Kier alpha value is -3.86. The van der Waals surface area contributed by atoms with Crippen LogP contribution >= 0.6 is 0 Å². The number of ether oxygens (including phenoxy) is 1. The van der Waals surface area contributed by atoms with Gasteiger partial charge in [-0.25, -0.2) is 0 Å². The summed E-state index contributed by atoms with van der Waals surface area (Å²) in [6.07, 6.45) is 0. The lowest BCUT2D eigenvalue weighted by Gasteiger charge is -2.27. The first-order chi connectivity index (χ1) is 17.7. The van der Waals surface area contributed by atoms with Crippen molar-refractivity contribution in [3.8, 4) is 5.75 Å². The van der Waals surface area contributed by atoms with Crippen molar-refractivity contribution in [3.05, 3.63) is 100 Å². The van der Waals surface area contributed by atoms with Crippen LogP contribution in [0.1, 0.15) is 75.4 Å². The van der Waals surface area contributed by atoms with E-state index in [9.17, 15) is 14.7 Å². The molecule has 0 aromatic heterocycles. The Balaban J connectivity index is 1.96. The monoisotopic (exact) mass is 511 g/mol. The first-order valence-electron chi connectivity index (χ1n) is 12.9. The Kier molecular flexibility index (Phi) is 7.00. The molecular weight excluding hydrogens is 474 g/mol. The van der Waals surface area contributed by atoms with Crippen molar-refractivity contribution in [2.75, 3.05) is 12.0 Å². The van der Waals surface area contributed by atoms with Crippen LogP contribution in [0, 0.1) is 6.92 Å². The molecule has 0 bridgehead atoms. The molecule has 3 aromatic carbocycles. The Labute approximate surface area is 225 Å². The second-order valence-electron chi connectivity index (χ2n) is 12.0. The van der Waals surface area contributed by atoms with E-state index >= 15 is 0 Å². The molecule has 1 amide bonds. The maximum atomic E-state index is 13.6. The maximum absolute atomic E-state index is 13.6.